The van der Waals surface area contributed by atoms with Gasteiger partial charge in [0.25, 0.3) is 5.91 Å². The van der Waals surface area contributed by atoms with E-state index in [0.717, 1.165) is 0 Å². The second-order valence-corrected chi connectivity index (χ2v) is 8.11. The minimum Gasteiger partial charge on any atom is -0.493 e. The second-order valence-electron chi connectivity index (χ2n) is 6.17. The average molecular weight is 445 g/mol. The van der Waals surface area contributed by atoms with Gasteiger partial charge in [0.15, 0.2) is 18.1 Å². The number of carbonyl (C=O) groups is 1. The molecular weight excluding hydrogens is 420 g/mol. The predicted molar refractivity (Wildman–Crippen MR) is 116 cm³/mol. The first-order chi connectivity index (χ1) is 14.9. The summed E-state index contributed by atoms with van der Waals surface area (Å²) in [6.07, 6.45) is 1.41. The zero-order valence-electron chi connectivity index (χ0n) is 17.5. The summed E-state index contributed by atoms with van der Waals surface area (Å²) in [5.74, 6) is 0.282. The van der Waals surface area contributed by atoms with Gasteiger partial charge in [-0.15, -0.1) is 0 Å². The van der Waals surface area contributed by atoms with Crippen LogP contribution in [0.2, 0.25) is 0 Å². The number of sulfonamides is 1. The largest absolute Gasteiger partial charge is 0.493 e. The summed E-state index contributed by atoms with van der Waals surface area (Å²) in [5.41, 5.74) is 3.17. The van der Waals surface area contributed by atoms with Gasteiger partial charge >= 0.3 is 0 Å². The molecule has 0 unspecified atom stereocenters. The fraction of sp³-hybridized carbons (Fsp3) is 0.286. The Bertz CT molecular complexity index is 1090. The number of carbonyl (C=O) groups excluding carboxylic acids is 1. The molecule has 164 valence electrons. The molecule has 9 nitrogen and oxygen atoms in total. The molecule has 0 aliphatic heterocycles. The van der Waals surface area contributed by atoms with Gasteiger partial charge in [0, 0.05) is 18.7 Å². The number of ether oxygens (including phenoxy) is 2. The van der Waals surface area contributed by atoms with Crippen molar-refractivity contribution >= 4 is 22.1 Å². The van der Waals surface area contributed by atoms with E-state index >= 15 is 0 Å². The molecule has 1 amide bonds. The van der Waals surface area contributed by atoms with E-state index in [2.05, 4.69) is 10.5 Å². The first-order valence-corrected chi connectivity index (χ1v) is 10.9. The van der Waals surface area contributed by atoms with Gasteiger partial charge in [-0.2, -0.15) is 14.7 Å². The smallest absolute Gasteiger partial charge is 0.271 e. The highest BCUT2D eigenvalue weighted by Gasteiger charge is 2.22. The Morgan fingerprint density at radius 3 is 2.58 bits per heavy atom. The molecule has 0 fully saturated rings. The molecule has 0 heterocycles. The van der Waals surface area contributed by atoms with Crippen molar-refractivity contribution in [1.82, 2.24) is 9.73 Å². The number of hydrogen-bond acceptors (Lipinski definition) is 7. The minimum atomic E-state index is -3.67. The Hall–Kier alpha value is -3.42. The highest BCUT2D eigenvalue weighted by atomic mass is 32.2. The lowest BCUT2D eigenvalue weighted by molar-refractivity contribution is 0.0955. The zero-order valence-corrected chi connectivity index (χ0v) is 18.3. The molecule has 0 spiro atoms. The van der Waals surface area contributed by atoms with Crippen LogP contribution in [0.1, 0.15) is 29.8 Å². The lowest BCUT2D eigenvalue weighted by atomic mass is 10.2. The monoisotopic (exact) mass is 444 g/mol. The maximum Gasteiger partial charge on any atom is 0.271 e. The van der Waals surface area contributed by atoms with Gasteiger partial charge in [-0.3, -0.25) is 4.79 Å². The summed E-state index contributed by atoms with van der Waals surface area (Å²) in [6.45, 7) is 4.07. The van der Waals surface area contributed by atoms with Crippen LogP contribution in [0.4, 0.5) is 0 Å². The van der Waals surface area contributed by atoms with Crippen LogP contribution in [-0.2, 0) is 10.0 Å². The number of hydrogen-bond donors (Lipinski definition) is 1. The number of methoxy groups -OCH3 is 1. The Balaban J connectivity index is 2.13. The number of hydrazone groups is 1. The van der Waals surface area contributed by atoms with Gasteiger partial charge in [-0.25, -0.2) is 13.8 Å². The van der Waals surface area contributed by atoms with Crippen LogP contribution in [0.15, 0.2) is 52.5 Å². The quantitative estimate of drug-likeness (QED) is 0.444. The predicted octanol–water partition coefficient (Wildman–Crippen LogP) is 2.39. The SMILES string of the molecule is CCN(CC)S(=O)(=O)c1cccc(C(=O)N/N=C/c2ccc(OCC#N)c(OC)c2)c1. The molecule has 0 aliphatic rings. The Kier molecular flexibility index (Phi) is 8.54. The summed E-state index contributed by atoms with van der Waals surface area (Å²) in [6, 6.07) is 12.6. The average Bonchev–Trinajstić information content (AvgIpc) is 2.78. The summed E-state index contributed by atoms with van der Waals surface area (Å²) < 4.78 is 37.1. The molecule has 0 atom stereocenters. The van der Waals surface area contributed by atoms with E-state index in [-0.39, 0.29) is 17.1 Å². The molecular formula is C21H24N4O5S. The first kappa shape index (κ1) is 23.9. The van der Waals surface area contributed by atoms with Crippen molar-refractivity contribution in [2.45, 2.75) is 18.7 Å². The van der Waals surface area contributed by atoms with E-state index in [1.165, 1.54) is 41.9 Å². The number of benzene rings is 2. The van der Waals surface area contributed by atoms with Crippen molar-refractivity contribution in [1.29, 1.82) is 5.26 Å². The first-order valence-electron chi connectivity index (χ1n) is 9.48. The maximum atomic E-state index is 12.6. The van der Waals surface area contributed by atoms with Crippen LogP contribution in [0.3, 0.4) is 0 Å². The molecule has 0 aliphatic carbocycles. The number of nitriles is 1. The third kappa shape index (κ3) is 6.04. The molecule has 31 heavy (non-hydrogen) atoms. The van der Waals surface area contributed by atoms with Crippen molar-refractivity contribution in [3.05, 3.63) is 53.6 Å². The number of amides is 1. The molecule has 0 bridgehead atoms. The summed E-state index contributed by atoms with van der Waals surface area (Å²) >= 11 is 0. The van der Waals surface area contributed by atoms with Gasteiger partial charge in [-0.05, 0) is 42.0 Å². The van der Waals surface area contributed by atoms with Crippen molar-refractivity contribution in [3.8, 4) is 17.6 Å². The van der Waals surface area contributed by atoms with Crippen LogP contribution in [0, 0.1) is 11.3 Å². The van der Waals surface area contributed by atoms with E-state index < -0.39 is 15.9 Å². The fourth-order valence-electron chi connectivity index (χ4n) is 2.73. The van der Waals surface area contributed by atoms with E-state index in [0.29, 0.717) is 30.2 Å². The zero-order chi connectivity index (χ0) is 22.9. The van der Waals surface area contributed by atoms with Crippen LogP contribution in [0.5, 0.6) is 11.5 Å². The number of nitrogens with one attached hydrogen (secondary N) is 1. The van der Waals surface area contributed by atoms with Crippen LogP contribution < -0.4 is 14.9 Å². The molecule has 0 saturated heterocycles. The van der Waals surface area contributed by atoms with Gasteiger partial charge in [0.05, 0.1) is 18.2 Å². The highest BCUT2D eigenvalue weighted by Crippen LogP contribution is 2.27. The number of rotatable bonds is 10. The number of nitrogens with zero attached hydrogens (tertiary/aromatic N) is 3. The lowest BCUT2D eigenvalue weighted by Gasteiger charge is -2.18. The Morgan fingerprint density at radius 1 is 1.19 bits per heavy atom. The van der Waals surface area contributed by atoms with Crippen molar-refractivity contribution in [2.24, 2.45) is 5.10 Å². The molecule has 0 radical (unpaired) electrons. The van der Waals surface area contributed by atoms with Gasteiger partial charge in [-0.1, -0.05) is 19.9 Å². The molecule has 2 rings (SSSR count). The summed E-state index contributed by atoms with van der Waals surface area (Å²) in [5, 5.41) is 12.5. The van der Waals surface area contributed by atoms with E-state index in [1.807, 2.05) is 6.07 Å². The molecule has 2 aromatic rings. The Labute approximate surface area is 181 Å². The minimum absolute atomic E-state index is 0.0468. The van der Waals surface area contributed by atoms with Gasteiger partial charge in [0.1, 0.15) is 6.07 Å². The standard InChI is InChI=1S/C21H24N4O5S/c1-4-25(5-2)31(27,28)18-8-6-7-17(14-18)21(26)24-23-15-16-9-10-19(30-12-11-22)20(13-16)29-3/h6-10,13-15H,4-5,12H2,1-3H3,(H,24,26)/b23-15+. The second kappa shape index (κ2) is 11.1. The van der Waals surface area contributed by atoms with Gasteiger partial charge < -0.3 is 9.47 Å². The Morgan fingerprint density at radius 2 is 1.94 bits per heavy atom. The summed E-state index contributed by atoms with van der Waals surface area (Å²) in [7, 11) is -2.20. The normalized spacial score (nSPS) is 11.3. The molecule has 0 saturated carbocycles. The van der Waals surface area contributed by atoms with Crippen molar-refractivity contribution in [2.75, 3.05) is 26.8 Å². The molecule has 2 aromatic carbocycles. The van der Waals surface area contributed by atoms with Crippen LogP contribution in [0.25, 0.3) is 0 Å². The van der Waals surface area contributed by atoms with Crippen LogP contribution >= 0.6 is 0 Å². The molecule has 10 heteroatoms. The maximum absolute atomic E-state index is 12.6. The van der Waals surface area contributed by atoms with Crippen LogP contribution in [-0.4, -0.2) is 51.7 Å². The lowest BCUT2D eigenvalue weighted by Crippen LogP contribution is -2.30. The molecule has 0 aromatic heterocycles. The highest BCUT2D eigenvalue weighted by molar-refractivity contribution is 7.89. The van der Waals surface area contributed by atoms with E-state index in [4.69, 9.17) is 14.7 Å². The molecule has 1 N–H and O–H groups in total. The van der Waals surface area contributed by atoms with E-state index in [9.17, 15) is 13.2 Å². The third-order valence-electron chi connectivity index (χ3n) is 4.30. The van der Waals surface area contributed by atoms with Gasteiger partial charge in [0.2, 0.25) is 10.0 Å². The third-order valence-corrected chi connectivity index (χ3v) is 6.34. The topological polar surface area (TPSA) is 121 Å². The van der Waals surface area contributed by atoms with Crippen molar-refractivity contribution < 1.29 is 22.7 Å². The van der Waals surface area contributed by atoms with E-state index in [1.54, 1.807) is 32.0 Å². The fourth-order valence-corrected chi connectivity index (χ4v) is 4.24. The summed E-state index contributed by atoms with van der Waals surface area (Å²) in [4.78, 5) is 12.5. The van der Waals surface area contributed by atoms with Crippen molar-refractivity contribution in [3.63, 3.8) is 0 Å².